The van der Waals surface area contributed by atoms with Crippen LogP contribution in [0.2, 0.25) is 0 Å². The van der Waals surface area contributed by atoms with Crippen LogP contribution in [0.3, 0.4) is 0 Å². The fourth-order valence-electron chi connectivity index (χ4n) is 1.66. The van der Waals surface area contributed by atoms with E-state index in [0.29, 0.717) is 22.4 Å². The Kier molecular flexibility index (Phi) is 4.03. The highest BCUT2D eigenvalue weighted by Gasteiger charge is 2.11. The van der Waals surface area contributed by atoms with Gasteiger partial charge in [-0.3, -0.25) is 0 Å². The van der Waals surface area contributed by atoms with Crippen LogP contribution < -0.4 is 0 Å². The lowest BCUT2D eigenvalue weighted by Gasteiger charge is -1.94. The quantitative estimate of drug-likeness (QED) is 0.721. The second-order valence-electron chi connectivity index (χ2n) is 4.11. The van der Waals surface area contributed by atoms with Crippen molar-refractivity contribution in [3.63, 3.8) is 0 Å². The van der Waals surface area contributed by atoms with Crippen LogP contribution in [0, 0.1) is 0 Å². The molecule has 3 aromatic rings. The van der Waals surface area contributed by atoms with E-state index in [4.69, 9.17) is 9.52 Å². The van der Waals surface area contributed by atoms with E-state index < -0.39 is 5.97 Å². The van der Waals surface area contributed by atoms with Crippen molar-refractivity contribution >= 4 is 29.1 Å². The average molecular weight is 318 g/mol. The van der Waals surface area contributed by atoms with Crippen molar-refractivity contribution in [3.8, 4) is 11.5 Å². The summed E-state index contributed by atoms with van der Waals surface area (Å²) >= 11 is 2.68. The number of thiophene rings is 1. The van der Waals surface area contributed by atoms with Gasteiger partial charge in [0.15, 0.2) is 0 Å². The summed E-state index contributed by atoms with van der Waals surface area (Å²) in [5.41, 5.74) is 0.880. The van der Waals surface area contributed by atoms with Gasteiger partial charge in [-0.05, 0) is 18.2 Å². The Morgan fingerprint density at radius 2 is 2.10 bits per heavy atom. The summed E-state index contributed by atoms with van der Waals surface area (Å²) in [4.78, 5) is 12.0. The molecule has 0 bridgehead atoms. The minimum Gasteiger partial charge on any atom is -0.477 e. The van der Waals surface area contributed by atoms with E-state index in [1.807, 2.05) is 35.7 Å². The fourth-order valence-corrected chi connectivity index (χ4v) is 3.37. The topological polar surface area (TPSA) is 76.2 Å². The van der Waals surface area contributed by atoms with Crippen molar-refractivity contribution in [2.45, 2.75) is 10.6 Å². The SMILES string of the molecule is O=C(O)c1cc(SCc2nnc(-c3ccccc3)o2)cs1. The largest absolute Gasteiger partial charge is 0.477 e. The van der Waals surface area contributed by atoms with Gasteiger partial charge in [0, 0.05) is 15.8 Å². The lowest BCUT2D eigenvalue weighted by Crippen LogP contribution is -1.89. The number of nitrogens with zero attached hydrogens (tertiary/aromatic N) is 2. The number of carboxylic acids is 1. The number of aromatic nitrogens is 2. The number of rotatable bonds is 5. The highest BCUT2D eigenvalue weighted by molar-refractivity contribution is 7.98. The van der Waals surface area contributed by atoms with Crippen LogP contribution in [-0.2, 0) is 5.75 Å². The van der Waals surface area contributed by atoms with E-state index >= 15 is 0 Å². The molecule has 0 fully saturated rings. The number of thioether (sulfide) groups is 1. The molecule has 0 unspecified atom stereocenters. The van der Waals surface area contributed by atoms with E-state index in [1.165, 1.54) is 23.1 Å². The first-order valence-corrected chi connectivity index (χ1v) is 7.91. The number of hydrogen-bond acceptors (Lipinski definition) is 6. The first-order valence-electron chi connectivity index (χ1n) is 6.05. The molecule has 3 rings (SSSR count). The van der Waals surface area contributed by atoms with Crippen molar-refractivity contribution in [1.29, 1.82) is 0 Å². The molecule has 2 heterocycles. The summed E-state index contributed by atoms with van der Waals surface area (Å²) in [7, 11) is 0. The molecule has 21 heavy (non-hydrogen) atoms. The molecule has 0 atom stereocenters. The highest BCUT2D eigenvalue weighted by Crippen LogP contribution is 2.28. The normalized spacial score (nSPS) is 10.7. The van der Waals surface area contributed by atoms with Gasteiger partial charge in [-0.25, -0.2) is 4.79 Å². The first kappa shape index (κ1) is 13.8. The van der Waals surface area contributed by atoms with Gasteiger partial charge in [0.2, 0.25) is 11.8 Å². The van der Waals surface area contributed by atoms with Crippen molar-refractivity contribution in [1.82, 2.24) is 10.2 Å². The van der Waals surface area contributed by atoms with Gasteiger partial charge in [-0.1, -0.05) is 18.2 Å². The summed E-state index contributed by atoms with van der Waals surface area (Å²) in [6.45, 7) is 0. The van der Waals surface area contributed by atoms with Crippen LogP contribution in [0.5, 0.6) is 0 Å². The van der Waals surface area contributed by atoms with Gasteiger partial charge in [-0.15, -0.1) is 33.3 Å². The standard InChI is InChI=1S/C14H10N2O3S2/c17-14(18)11-6-10(7-21-11)20-8-12-15-16-13(19-12)9-4-2-1-3-5-9/h1-7H,8H2,(H,17,18). The lowest BCUT2D eigenvalue weighted by molar-refractivity contribution is 0.0702. The molecule has 2 aromatic heterocycles. The maximum atomic E-state index is 10.8. The first-order chi connectivity index (χ1) is 10.2. The third-order valence-corrected chi connectivity index (χ3v) is 4.66. The molecular weight excluding hydrogens is 308 g/mol. The van der Waals surface area contributed by atoms with E-state index in [0.717, 1.165) is 10.5 Å². The molecule has 0 amide bonds. The van der Waals surface area contributed by atoms with Crippen molar-refractivity contribution in [3.05, 3.63) is 52.5 Å². The van der Waals surface area contributed by atoms with Crippen LogP contribution in [0.1, 0.15) is 15.6 Å². The zero-order chi connectivity index (χ0) is 14.7. The van der Waals surface area contributed by atoms with Crippen molar-refractivity contribution < 1.29 is 14.3 Å². The zero-order valence-electron chi connectivity index (χ0n) is 10.7. The molecule has 0 aliphatic carbocycles. The number of aromatic carboxylic acids is 1. The van der Waals surface area contributed by atoms with Gasteiger partial charge in [0.25, 0.3) is 0 Å². The van der Waals surface area contributed by atoms with Crippen LogP contribution in [-0.4, -0.2) is 21.3 Å². The molecule has 0 aliphatic rings. The molecule has 0 radical (unpaired) electrons. The van der Waals surface area contributed by atoms with Crippen molar-refractivity contribution in [2.75, 3.05) is 0 Å². The minimum atomic E-state index is -0.906. The summed E-state index contributed by atoms with van der Waals surface area (Å²) in [6.07, 6.45) is 0. The van der Waals surface area contributed by atoms with Gasteiger partial charge >= 0.3 is 5.97 Å². The average Bonchev–Trinajstić information content (AvgIpc) is 3.15. The second kappa shape index (κ2) is 6.11. The van der Waals surface area contributed by atoms with Crippen LogP contribution in [0.15, 0.2) is 51.1 Å². The predicted molar refractivity (Wildman–Crippen MR) is 80.6 cm³/mol. The molecule has 0 saturated heterocycles. The summed E-state index contributed by atoms with van der Waals surface area (Å²) in [5.74, 6) is 0.607. The minimum absolute atomic E-state index is 0.327. The Morgan fingerprint density at radius 3 is 2.81 bits per heavy atom. The monoisotopic (exact) mass is 318 g/mol. The maximum Gasteiger partial charge on any atom is 0.345 e. The lowest BCUT2D eigenvalue weighted by atomic mass is 10.2. The predicted octanol–water partition coefficient (Wildman–Crippen LogP) is 3.79. The van der Waals surface area contributed by atoms with Crippen molar-refractivity contribution in [2.24, 2.45) is 0 Å². The summed E-state index contributed by atoms with van der Waals surface area (Å²) in [5, 5.41) is 18.7. The maximum absolute atomic E-state index is 10.8. The van der Waals surface area contributed by atoms with Crippen LogP contribution >= 0.6 is 23.1 Å². The van der Waals surface area contributed by atoms with Gasteiger partial charge in [0.1, 0.15) is 4.88 Å². The van der Waals surface area contributed by atoms with E-state index in [1.54, 1.807) is 6.07 Å². The molecule has 1 N–H and O–H groups in total. The fraction of sp³-hybridized carbons (Fsp3) is 0.0714. The third kappa shape index (κ3) is 3.32. The number of carbonyl (C=O) groups is 1. The van der Waals surface area contributed by atoms with E-state index in [2.05, 4.69) is 10.2 Å². The molecule has 106 valence electrons. The number of hydrogen-bond donors (Lipinski definition) is 1. The summed E-state index contributed by atoms with van der Waals surface area (Å²) in [6, 6.07) is 11.2. The molecule has 5 nitrogen and oxygen atoms in total. The molecule has 0 spiro atoms. The Labute approximate surface area is 128 Å². The number of benzene rings is 1. The van der Waals surface area contributed by atoms with Crippen LogP contribution in [0.25, 0.3) is 11.5 Å². The molecule has 7 heteroatoms. The van der Waals surface area contributed by atoms with Crippen LogP contribution in [0.4, 0.5) is 0 Å². The molecular formula is C14H10N2O3S2. The summed E-state index contributed by atoms with van der Waals surface area (Å²) < 4.78 is 5.59. The Balaban J connectivity index is 1.66. The third-order valence-electron chi connectivity index (χ3n) is 2.64. The zero-order valence-corrected chi connectivity index (χ0v) is 12.4. The highest BCUT2D eigenvalue weighted by atomic mass is 32.2. The molecule has 1 aromatic carbocycles. The van der Waals surface area contributed by atoms with Gasteiger partial charge in [-0.2, -0.15) is 0 Å². The Morgan fingerprint density at radius 1 is 1.29 bits per heavy atom. The number of carboxylic acid groups (broad SMARTS) is 1. The smallest absolute Gasteiger partial charge is 0.345 e. The van der Waals surface area contributed by atoms with Gasteiger partial charge < -0.3 is 9.52 Å². The van der Waals surface area contributed by atoms with Gasteiger partial charge in [0.05, 0.1) is 5.75 Å². The van der Waals surface area contributed by atoms with E-state index in [9.17, 15) is 4.79 Å². The molecule has 0 saturated carbocycles. The van der Waals surface area contributed by atoms with E-state index in [-0.39, 0.29) is 0 Å². The Bertz CT molecular complexity index is 752. The second-order valence-corrected chi connectivity index (χ2v) is 6.07. The Hall–Kier alpha value is -2.12. The molecule has 0 aliphatic heterocycles.